The molecule has 0 amide bonds. The number of benzene rings is 3. The van der Waals surface area contributed by atoms with Crippen LogP contribution in [0.2, 0.25) is 0 Å². The monoisotopic (exact) mass is 612 g/mol. The van der Waals surface area contributed by atoms with Crippen LogP contribution in [0.25, 0.3) is 0 Å². The van der Waals surface area contributed by atoms with E-state index in [2.05, 4.69) is 89.6 Å². The molecule has 3 nitrogen and oxygen atoms in total. The van der Waals surface area contributed by atoms with E-state index in [9.17, 15) is 0 Å². The van der Waals surface area contributed by atoms with Gasteiger partial charge in [0.2, 0.25) is 5.71 Å². The molecule has 0 unspecified atom stereocenters. The smallest absolute Gasteiger partial charge is 0.215 e. The SMILES string of the molecule is CCCC[C@H]1Cc2cc(OC)ccc2C(c2ccc(NC34CC5CC(CC(C5)C3)C4)cc2)=[N+]1Cc1ccccc1.[Br-]. The number of ether oxygens (including phenoxy) is 1. The molecule has 4 bridgehead atoms. The molecule has 0 aromatic heterocycles. The minimum atomic E-state index is 0. The lowest BCUT2D eigenvalue weighted by Crippen LogP contribution is -3.00. The molecule has 1 heterocycles. The lowest BCUT2D eigenvalue weighted by Gasteiger charge is -2.57. The molecule has 3 aromatic carbocycles. The summed E-state index contributed by atoms with van der Waals surface area (Å²) in [5, 5.41) is 4.10. The summed E-state index contributed by atoms with van der Waals surface area (Å²) >= 11 is 0. The number of nitrogens with zero attached hydrogens (tertiary/aromatic N) is 1. The Hall–Kier alpha value is -2.59. The minimum Gasteiger partial charge on any atom is -1.00 e. The van der Waals surface area contributed by atoms with Gasteiger partial charge in [-0.05, 0) is 111 Å². The Kier molecular flexibility index (Phi) is 8.32. The number of unbranched alkanes of at least 4 members (excludes halogenated alkanes) is 1. The fourth-order valence-corrected chi connectivity index (χ4v) is 9.09. The second-order valence-electron chi connectivity index (χ2n) is 13.4. The van der Waals surface area contributed by atoms with Crippen LogP contribution in [-0.4, -0.2) is 29.0 Å². The second kappa shape index (κ2) is 12.0. The van der Waals surface area contributed by atoms with Gasteiger partial charge in [0.05, 0.1) is 12.7 Å². The van der Waals surface area contributed by atoms with E-state index in [-0.39, 0.29) is 17.0 Å². The highest BCUT2D eigenvalue weighted by Crippen LogP contribution is 2.56. The molecule has 4 aliphatic carbocycles. The van der Waals surface area contributed by atoms with Gasteiger partial charge in [-0.3, -0.25) is 0 Å². The third-order valence-corrected chi connectivity index (χ3v) is 10.4. The zero-order valence-corrected chi connectivity index (χ0v) is 26.3. The first-order valence-electron chi connectivity index (χ1n) is 15.8. The van der Waals surface area contributed by atoms with Crippen molar-refractivity contribution in [3.63, 3.8) is 0 Å². The number of anilines is 1. The Labute approximate surface area is 257 Å². The van der Waals surface area contributed by atoms with E-state index in [1.165, 1.54) is 91.4 Å². The normalized spacial score (nSPS) is 27.8. The zero-order valence-electron chi connectivity index (χ0n) is 24.7. The van der Waals surface area contributed by atoms with Crippen molar-refractivity contribution in [2.24, 2.45) is 17.8 Å². The summed E-state index contributed by atoms with van der Waals surface area (Å²) in [5.41, 5.74) is 8.46. The number of hydrogen-bond acceptors (Lipinski definition) is 2. The summed E-state index contributed by atoms with van der Waals surface area (Å²) in [6, 6.07) is 27.7. The first-order chi connectivity index (χ1) is 19.6. The van der Waals surface area contributed by atoms with E-state index in [1.54, 1.807) is 7.11 Å². The molecule has 3 aromatic rings. The summed E-state index contributed by atoms with van der Waals surface area (Å²) in [7, 11) is 1.78. The molecular weight excluding hydrogens is 568 g/mol. The van der Waals surface area contributed by atoms with Crippen LogP contribution >= 0.6 is 0 Å². The largest absolute Gasteiger partial charge is 1.00 e. The van der Waals surface area contributed by atoms with Crippen LogP contribution in [-0.2, 0) is 13.0 Å². The molecule has 0 spiro atoms. The zero-order chi connectivity index (χ0) is 27.1. The quantitative estimate of drug-likeness (QED) is 0.334. The van der Waals surface area contributed by atoms with Crippen molar-refractivity contribution in [1.29, 1.82) is 0 Å². The van der Waals surface area contributed by atoms with Gasteiger partial charge in [-0.25, -0.2) is 4.58 Å². The van der Waals surface area contributed by atoms with Crippen molar-refractivity contribution >= 4 is 11.4 Å². The van der Waals surface area contributed by atoms with Gasteiger partial charge in [0.1, 0.15) is 5.75 Å². The van der Waals surface area contributed by atoms with E-state index in [0.29, 0.717) is 11.6 Å². The van der Waals surface area contributed by atoms with E-state index >= 15 is 0 Å². The summed E-state index contributed by atoms with van der Waals surface area (Å²) in [6.45, 7) is 3.24. The van der Waals surface area contributed by atoms with Crippen LogP contribution in [0.4, 0.5) is 5.69 Å². The highest BCUT2D eigenvalue weighted by molar-refractivity contribution is 6.11. The second-order valence-corrected chi connectivity index (χ2v) is 13.4. The minimum absolute atomic E-state index is 0. The predicted octanol–water partition coefficient (Wildman–Crippen LogP) is 5.24. The molecular formula is C37H45BrN2O. The van der Waals surface area contributed by atoms with Gasteiger partial charge in [-0.15, -0.1) is 0 Å². The Bertz CT molecular complexity index is 1340. The molecule has 4 saturated carbocycles. The highest BCUT2D eigenvalue weighted by atomic mass is 79.9. The van der Waals surface area contributed by atoms with E-state index < -0.39 is 0 Å². The number of nitrogens with one attached hydrogen (secondary N) is 1. The summed E-state index contributed by atoms with van der Waals surface area (Å²) in [5.74, 6) is 3.82. The Balaban J connectivity index is 0.00000302. The predicted molar refractivity (Wildman–Crippen MR) is 165 cm³/mol. The molecule has 0 radical (unpaired) electrons. The van der Waals surface area contributed by atoms with Gasteiger partial charge >= 0.3 is 0 Å². The Morgan fingerprint density at radius 2 is 1.56 bits per heavy atom. The lowest BCUT2D eigenvalue weighted by atomic mass is 9.53. The molecule has 1 aliphatic heterocycles. The van der Waals surface area contributed by atoms with Crippen LogP contribution < -0.4 is 27.0 Å². The molecule has 8 rings (SSSR count). The molecule has 4 heteroatoms. The lowest BCUT2D eigenvalue weighted by molar-refractivity contribution is -0.583. The van der Waals surface area contributed by atoms with Crippen molar-refractivity contribution in [2.45, 2.75) is 89.3 Å². The van der Waals surface area contributed by atoms with Gasteiger partial charge in [-0.1, -0.05) is 43.7 Å². The van der Waals surface area contributed by atoms with Crippen molar-refractivity contribution in [3.8, 4) is 5.75 Å². The number of halogens is 1. The van der Waals surface area contributed by atoms with Crippen molar-refractivity contribution in [2.75, 3.05) is 12.4 Å². The summed E-state index contributed by atoms with van der Waals surface area (Å²) < 4.78 is 8.37. The van der Waals surface area contributed by atoms with Crippen LogP contribution in [0.15, 0.2) is 72.8 Å². The number of rotatable bonds is 9. The van der Waals surface area contributed by atoms with Crippen LogP contribution in [0.5, 0.6) is 5.75 Å². The first kappa shape index (κ1) is 28.5. The van der Waals surface area contributed by atoms with Gasteiger partial charge in [-0.2, -0.15) is 0 Å². The van der Waals surface area contributed by atoms with Crippen LogP contribution in [0.1, 0.15) is 87.0 Å². The molecule has 1 N–H and O–H groups in total. The molecule has 41 heavy (non-hydrogen) atoms. The Morgan fingerprint density at radius 1 is 0.878 bits per heavy atom. The van der Waals surface area contributed by atoms with Gasteiger partial charge in [0, 0.05) is 35.2 Å². The molecule has 1 atom stereocenters. The van der Waals surface area contributed by atoms with Crippen molar-refractivity contribution in [3.05, 3.63) is 95.1 Å². The fraction of sp³-hybridized carbons (Fsp3) is 0.486. The average molecular weight is 614 g/mol. The van der Waals surface area contributed by atoms with Crippen LogP contribution in [0.3, 0.4) is 0 Å². The molecule has 5 aliphatic rings. The number of methoxy groups -OCH3 is 1. The third kappa shape index (κ3) is 5.74. The van der Waals surface area contributed by atoms with Gasteiger partial charge in [0.25, 0.3) is 0 Å². The maximum Gasteiger partial charge on any atom is 0.215 e. The van der Waals surface area contributed by atoms with Crippen molar-refractivity contribution < 1.29 is 26.3 Å². The van der Waals surface area contributed by atoms with Gasteiger partial charge < -0.3 is 27.0 Å². The first-order valence-corrected chi connectivity index (χ1v) is 15.8. The molecule has 0 saturated heterocycles. The van der Waals surface area contributed by atoms with Crippen molar-refractivity contribution in [1.82, 2.24) is 0 Å². The van der Waals surface area contributed by atoms with E-state index in [0.717, 1.165) is 36.5 Å². The van der Waals surface area contributed by atoms with Gasteiger partial charge in [0.15, 0.2) is 12.6 Å². The standard InChI is InChI=1S/C37H44N2O.BrH/c1-3-4-10-33-20-31-21-34(40-2)15-16-35(31)36(39(33)25-26-8-6-5-7-9-26)30-11-13-32(14-12-30)38-37-22-27-17-28(23-37)19-29(18-27)24-37;/h5-9,11-16,21,27-29,33H,3-4,10,17-20,22-25H2,1-2H3;1H/t27?,28?,29?,33-,37?;/m0./s1. The summed E-state index contributed by atoms with van der Waals surface area (Å²) in [6.07, 6.45) is 13.3. The number of fused-ring (bicyclic) bond motifs is 1. The van der Waals surface area contributed by atoms with Crippen LogP contribution in [0, 0.1) is 17.8 Å². The number of hydrogen-bond donors (Lipinski definition) is 1. The average Bonchev–Trinajstić information content (AvgIpc) is 2.96. The molecule has 216 valence electrons. The van der Waals surface area contributed by atoms with E-state index in [1.807, 2.05) is 0 Å². The molecule has 4 fully saturated rings. The van der Waals surface area contributed by atoms with E-state index in [4.69, 9.17) is 4.74 Å². The third-order valence-electron chi connectivity index (χ3n) is 10.4. The maximum atomic E-state index is 5.66. The summed E-state index contributed by atoms with van der Waals surface area (Å²) in [4.78, 5) is 0. The topological polar surface area (TPSA) is 24.3 Å². The maximum absolute atomic E-state index is 5.66. The Morgan fingerprint density at radius 3 is 2.20 bits per heavy atom. The fourth-order valence-electron chi connectivity index (χ4n) is 9.09. The highest BCUT2D eigenvalue weighted by Gasteiger charge is 2.50.